The van der Waals surface area contributed by atoms with Crippen molar-refractivity contribution in [1.29, 1.82) is 0 Å². The quantitative estimate of drug-likeness (QED) is 0.694. The molecule has 0 fully saturated rings. The van der Waals surface area contributed by atoms with Crippen LogP contribution >= 0.6 is 22.9 Å². The maximum Gasteiger partial charge on any atom is 0.265 e. The van der Waals surface area contributed by atoms with Crippen molar-refractivity contribution in [3.8, 4) is 5.75 Å². The maximum absolute atomic E-state index is 12.9. The lowest BCUT2D eigenvalue weighted by Crippen LogP contribution is -2.25. The Morgan fingerprint density at radius 3 is 2.54 bits per heavy atom. The molecular formula is C18H15ClN2O2S. The van der Waals surface area contributed by atoms with Gasteiger partial charge in [-0.15, -0.1) is 11.3 Å². The first kappa shape index (κ1) is 16.5. The van der Waals surface area contributed by atoms with Crippen molar-refractivity contribution in [3.05, 3.63) is 75.0 Å². The normalized spacial score (nSPS) is 11.5. The van der Waals surface area contributed by atoms with E-state index in [4.69, 9.17) is 16.3 Å². The Bertz CT molecular complexity index is 942. The standard InChI is InChI=1S/C18H15ClN2O2S/c1-12-11-24-18(20-13-7-9-14(23-2)10-8-13)21(12)17(22)15-5-3-4-6-16(15)19/h3-11H,1-2H3. The average molecular weight is 359 g/mol. The fourth-order valence-corrected chi connectivity index (χ4v) is 3.33. The van der Waals surface area contributed by atoms with E-state index in [0.29, 0.717) is 15.4 Å². The van der Waals surface area contributed by atoms with Crippen LogP contribution in [0.2, 0.25) is 5.02 Å². The van der Waals surface area contributed by atoms with Gasteiger partial charge >= 0.3 is 0 Å². The lowest BCUT2D eigenvalue weighted by molar-refractivity contribution is 0.0955. The molecular weight excluding hydrogens is 344 g/mol. The predicted octanol–water partition coefficient (Wildman–Crippen LogP) is 4.44. The van der Waals surface area contributed by atoms with Crippen molar-refractivity contribution < 1.29 is 9.53 Å². The summed E-state index contributed by atoms with van der Waals surface area (Å²) in [6.07, 6.45) is 0. The van der Waals surface area contributed by atoms with E-state index in [-0.39, 0.29) is 5.91 Å². The third-order valence-corrected chi connectivity index (χ3v) is 4.76. The fourth-order valence-electron chi connectivity index (χ4n) is 2.24. The molecule has 0 saturated heterocycles. The molecule has 0 unspecified atom stereocenters. The monoisotopic (exact) mass is 358 g/mol. The number of halogens is 1. The molecule has 0 aliphatic rings. The van der Waals surface area contributed by atoms with Gasteiger partial charge < -0.3 is 4.74 Å². The maximum atomic E-state index is 12.9. The number of methoxy groups -OCH3 is 1. The minimum absolute atomic E-state index is 0.188. The molecule has 3 aromatic rings. The van der Waals surface area contributed by atoms with Crippen LogP contribution in [0.1, 0.15) is 16.1 Å². The highest BCUT2D eigenvalue weighted by Gasteiger charge is 2.15. The average Bonchev–Trinajstić information content (AvgIpc) is 2.96. The molecule has 1 aromatic heterocycles. The summed E-state index contributed by atoms with van der Waals surface area (Å²) in [4.78, 5) is 18.0. The van der Waals surface area contributed by atoms with Gasteiger partial charge in [-0.05, 0) is 43.3 Å². The number of rotatable bonds is 3. The van der Waals surface area contributed by atoms with Gasteiger partial charge in [-0.1, -0.05) is 23.7 Å². The summed E-state index contributed by atoms with van der Waals surface area (Å²) in [5.41, 5.74) is 2.02. The molecule has 0 radical (unpaired) electrons. The van der Waals surface area contributed by atoms with Crippen molar-refractivity contribution >= 4 is 34.5 Å². The molecule has 0 atom stereocenters. The summed E-state index contributed by atoms with van der Waals surface area (Å²) in [6.45, 7) is 1.87. The molecule has 0 N–H and O–H groups in total. The van der Waals surface area contributed by atoms with E-state index in [2.05, 4.69) is 4.99 Å². The van der Waals surface area contributed by atoms with Crippen LogP contribution in [-0.2, 0) is 0 Å². The Kier molecular flexibility index (Phi) is 4.83. The Hall–Kier alpha value is -2.37. The van der Waals surface area contributed by atoms with Gasteiger partial charge in [0.25, 0.3) is 5.91 Å². The molecule has 24 heavy (non-hydrogen) atoms. The fraction of sp³-hybridized carbons (Fsp3) is 0.111. The molecule has 0 amide bonds. The highest BCUT2D eigenvalue weighted by atomic mass is 35.5. The summed E-state index contributed by atoms with van der Waals surface area (Å²) < 4.78 is 6.72. The summed E-state index contributed by atoms with van der Waals surface area (Å²) in [5, 5.41) is 2.33. The van der Waals surface area contributed by atoms with E-state index < -0.39 is 0 Å². The molecule has 0 aliphatic heterocycles. The van der Waals surface area contributed by atoms with Gasteiger partial charge in [0.1, 0.15) is 5.75 Å². The highest BCUT2D eigenvalue weighted by molar-refractivity contribution is 7.07. The molecule has 0 bridgehead atoms. The van der Waals surface area contributed by atoms with Gasteiger partial charge in [-0.3, -0.25) is 9.36 Å². The summed E-state index contributed by atoms with van der Waals surface area (Å²) >= 11 is 7.57. The van der Waals surface area contributed by atoms with E-state index in [1.165, 1.54) is 11.3 Å². The third-order valence-electron chi connectivity index (χ3n) is 3.48. The molecule has 1 heterocycles. The molecule has 122 valence electrons. The molecule has 6 heteroatoms. The zero-order valence-corrected chi connectivity index (χ0v) is 14.8. The summed E-state index contributed by atoms with van der Waals surface area (Å²) in [7, 11) is 1.62. The first-order valence-corrected chi connectivity index (χ1v) is 8.51. The number of ether oxygens (including phenoxy) is 1. The first-order chi connectivity index (χ1) is 11.6. The second kappa shape index (κ2) is 7.03. The van der Waals surface area contributed by atoms with Crippen molar-refractivity contribution in [1.82, 2.24) is 4.57 Å². The second-order valence-corrected chi connectivity index (χ2v) is 6.33. The van der Waals surface area contributed by atoms with E-state index >= 15 is 0 Å². The third kappa shape index (κ3) is 3.27. The minimum atomic E-state index is -0.188. The number of aryl methyl sites for hydroxylation is 1. The van der Waals surface area contributed by atoms with Crippen LogP contribution in [-0.4, -0.2) is 17.6 Å². The van der Waals surface area contributed by atoms with Gasteiger partial charge in [-0.25, -0.2) is 4.99 Å². The lowest BCUT2D eigenvalue weighted by atomic mass is 10.2. The van der Waals surface area contributed by atoms with Gasteiger partial charge in [0, 0.05) is 11.1 Å². The van der Waals surface area contributed by atoms with Crippen molar-refractivity contribution in [2.75, 3.05) is 7.11 Å². The molecule has 0 saturated carbocycles. The van der Waals surface area contributed by atoms with E-state index in [0.717, 1.165) is 17.1 Å². The Balaban J connectivity index is 2.07. The van der Waals surface area contributed by atoms with Crippen LogP contribution in [0.25, 0.3) is 0 Å². The second-order valence-electron chi connectivity index (χ2n) is 5.09. The van der Waals surface area contributed by atoms with E-state index in [9.17, 15) is 4.79 Å². The van der Waals surface area contributed by atoms with Gasteiger partial charge in [0.2, 0.25) is 0 Å². The zero-order valence-electron chi connectivity index (χ0n) is 13.2. The summed E-state index contributed by atoms with van der Waals surface area (Å²) in [5.74, 6) is 0.572. The highest BCUT2D eigenvalue weighted by Crippen LogP contribution is 2.19. The van der Waals surface area contributed by atoms with Crippen LogP contribution in [0, 0.1) is 6.92 Å². The van der Waals surface area contributed by atoms with Crippen LogP contribution in [0.5, 0.6) is 5.75 Å². The molecule has 3 rings (SSSR count). The Morgan fingerprint density at radius 1 is 1.17 bits per heavy atom. The minimum Gasteiger partial charge on any atom is -0.497 e. The van der Waals surface area contributed by atoms with Gasteiger partial charge in [0.15, 0.2) is 4.80 Å². The number of hydrogen-bond acceptors (Lipinski definition) is 4. The number of benzene rings is 2. The number of nitrogens with zero attached hydrogens (tertiary/aromatic N) is 2. The Labute approximate surface area is 148 Å². The largest absolute Gasteiger partial charge is 0.497 e. The van der Waals surface area contributed by atoms with E-state index in [1.54, 1.807) is 35.9 Å². The predicted molar refractivity (Wildman–Crippen MR) is 96.4 cm³/mol. The molecule has 4 nitrogen and oxygen atoms in total. The topological polar surface area (TPSA) is 43.6 Å². The SMILES string of the molecule is COc1ccc(N=c2scc(C)n2C(=O)c2ccccc2Cl)cc1. The molecule has 0 spiro atoms. The molecule has 0 aliphatic carbocycles. The van der Waals surface area contributed by atoms with Crippen molar-refractivity contribution in [3.63, 3.8) is 0 Å². The number of thiazole rings is 1. The van der Waals surface area contributed by atoms with Crippen molar-refractivity contribution in [2.45, 2.75) is 6.92 Å². The zero-order chi connectivity index (χ0) is 17.1. The first-order valence-electron chi connectivity index (χ1n) is 7.25. The number of carbonyl (C=O) groups is 1. The summed E-state index contributed by atoms with van der Waals surface area (Å²) in [6, 6.07) is 14.4. The van der Waals surface area contributed by atoms with E-state index in [1.807, 2.05) is 36.6 Å². The van der Waals surface area contributed by atoms with Crippen LogP contribution in [0.4, 0.5) is 5.69 Å². The van der Waals surface area contributed by atoms with Gasteiger partial charge in [-0.2, -0.15) is 0 Å². The Morgan fingerprint density at radius 2 is 1.88 bits per heavy atom. The number of hydrogen-bond donors (Lipinski definition) is 0. The smallest absolute Gasteiger partial charge is 0.265 e. The molecule has 2 aromatic carbocycles. The lowest BCUT2D eigenvalue weighted by Gasteiger charge is -2.06. The van der Waals surface area contributed by atoms with Crippen LogP contribution in [0.15, 0.2) is 58.9 Å². The van der Waals surface area contributed by atoms with Gasteiger partial charge in [0.05, 0.1) is 23.4 Å². The van der Waals surface area contributed by atoms with Crippen LogP contribution < -0.4 is 9.54 Å². The van der Waals surface area contributed by atoms with Crippen molar-refractivity contribution in [2.24, 2.45) is 4.99 Å². The number of aromatic nitrogens is 1. The van der Waals surface area contributed by atoms with Crippen LogP contribution in [0.3, 0.4) is 0 Å². The number of carbonyl (C=O) groups excluding carboxylic acids is 1.